The molecule has 0 bridgehead atoms. The van der Waals surface area contributed by atoms with Crippen LogP contribution in [0.15, 0.2) is 90.0 Å². The van der Waals surface area contributed by atoms with Gasteiger partial charge in [0.25, 0.3) is 0 Å². The van der Waals surface area contributed by atoms with Crippen LogP contribution in [0.25, 0.3) is 5.69 Å². The highest BCUT2D eigenvalue weighted by atomic mass is 32.2. The van der Waals surface area contributed by atoms with E-state index in [1.54, 1.807) is 44.2 Å². The Balaban J connectivity index is 1.60. The van der Waals surface area contributed by atoms with E-state index in [9.17, 15) is 4.79 Å². The molecule has 0 saturated carbocycles. The van der Waals surface area contributed by atoms with E-state index < -0.39 is 0 Å². The predicted molar refractivity (Wildman–Crippen MR) is 140 cm³/mol. The van der Waals surface area contributed by atoms with Crippen molar-refractivity contribution in [2.75, 3.05) is 25.8 Å². The number of fused-ring (bicyclic) bond motifs is 3. The minimum atomic E-state index is -0.280. The highest BCUT2D eigenvalue weighted by molar-refractivity contribution is 7.98. The summed E-state index contributed by atoms with van der Waals surface area (Å²) in [6.07, 6.45) is 4.12. The smallest absolute Gasteiger partial charge is 0.323 e. The van der Waals surface area contributed by atoms with E-state index >= 15 is 0 Å². The zero-order valence-electron chi connectivity index (χ0n) is 19.9. The van der Waals surface area contributed by atoms with Gasteiger partial charge in [0.05, 0.1) is 38.2 Å². The molecule has 2 amide bonds. The Bertz CT molecular complexity index is 1350. The topological polar surface area (TPSA) is 55.7 Å². The van der Waals surface area contributed by atoms with Crippen LogP contribution in [0.1, 0.15) is 22.9 Å². The first-order chi connectivity index (χ1) is 17.1. The Morgan fingerprint density at radius 1 is 0.971 bits per heavy atom. The fourth-order valence-corrected chi connectivity index (χ4v) is 4.97. The molecule has 6 nitrogen and oxygen atoms in total. The largest absolute Gasteiger partial charge is 0.497 e. The molecule has 0 unspecified atom stereocenters. The third kappa shape index (κ3) is 4.35. The number of amides is 2. The Morgan fingerprint density at radius 3 is 2.51 bits per heavy atom. The van der Waals surface area contributed by atoms with Gasteiger partial charge in [-0.1, -0.05) is 30.3 Å². The zero-order chi connectivity index (χ0) is 24.4. The summed E-state index contributed by atoms with van der Waals surface area (Å²) in [5, 5.41) is 3.08. The maximum atomic E-state index is 13.9. The van der Waals surface area contributed by atoms with E-state index in [1.807, 2.05) is 23.1 Å². The number of carbonyl (C=O) groups is 1. The van der Waals surface area contributed by atoms with Gasteiger partial charge < -0.3 is 24.3 Å². The molecule has 4 aromatic rings. The Labute approximate surface area is 209 Å². The van der Waals surface area contributed by atoms with Crippen LogP contribution in [-0.2, 0) is 6.54 Å². The molecule has 0 fully saturated rings. The van der Waals surface area contributed by atoms with Crippen molar-refractivity contribution in [3.05, 3.63) is 102 Å². The Hall–Kier alpha value is -3.84. The highest BCUT2D eigenvalue weighted by Crippen LogP contribution is 2.38. The van der Waals surface area contributed by atoms with Gasteiger partial charge in [-0.25, -0.2) is 4.79 Å². The van der Waals surface area contributed by atoms with Crippen molar-refractivity contribution in [2.24, 2.45) is 0 Å². The number of para-hydroxylation sites is 1. The number of aromatic nitrogens is 1. The van der Waals surface area contributed by atoms with Crippen LogP contribution in [0.3, 0.4) is 0 Å². The van der Waals surface area contributed by atoms with Crippen molar-refractivity contribution in [3.63, 3.8) is 0 Å². The summed E-state index contributed by atoms with van der Waals surface area (Å²) in [5.74, 6) is 1.20. The van der Waals surface area contributed by atoms with Crippen LogP contribution in [0.5, 0.6) is 11.5 Å². The molecule has 0 spiro atoms. The number of hydrogen-bond donors (Lipinski definition) is 1. The van der Waals surface area contributed by atoms with Crippen LogP contribution in [0.4, 0.5) is 10.5 Å². The van der Waals surface area contributed by atoms with Gasteiger partial charge >= 0.3 is 6.03 Å². The van der Waals surface area contributed by atoms with Gasteiger partial charge in [-0.3, -0.25) is 0 Å². The van der Waals surface area contributed by atoms with E-state index in [-0.39, 0.29) is 12.1 Å². The molecule has 5 rings (SSSR count). The molecule has 1 N–H and O–H groups in total. The summed E-state index contributed by atoms with van der Waals surface area (Å²) >= 11 is 1.70. The fourth-order valence-electron chi connectivity index (χ4n) is 4.57. The first-order valence-corrected chi connectivity index (χ1v) is 12.5. The standard InChI is InChI=1S/C28H27N3O3S/c1-33-21-12-15-23(26(17-21)34-2)29-28(32)31-18-20-7-4-5-8-24(20)30-16-6-9-25(30)27(31)19-10-13-22(35-3)14-11-19/h4-17,27H,18H2,1-3H3,(H,29,32)/t27-/m0/s1. The minimum absolute atomic E-state index is 0.211. The second-order valence-corrected chi connectivity index (χ2v) is 9.11. The number of urea groups is 1. The van der Waals surface area contributed by atoms with E-state index in [0.29, 0.717) is 23.7 Å². The molecule has 7 heteroatoms. The van der Waals surface area contributed by atoms with Gasteiger partial charge in [-0.05, 0) is 59.8 Å². The number of carbonyl (C=O) groups excluding carboxylic acids is 1. The van der Waals surface area contributed by atoms with Crippen LogP contribution < -0.4 is 14.8 Å². The molecule has 3 aromatic carbocycles. The number of nitrogens with one attached hydrogen (secondary N) is 1. The van der Waals surface area contributed by atoms with Gasteiger partial charge in [-0.2, -0.15) is 0 Å². The van der Waals surface area contributed by atoms with Crippen LogP contribution >= 0.6 is 11.8 Å². The number of ether oxygens (including phenoxy) is 2. The van der Waals surface area contributed by atoms with E-state index in [1.165, 1.54) is 4.90 Å². The summed E-state index contributed by atoms with van der Waals surface area (Å²) in [5.41, 5.74) is 4.82. The van der Waals surface area contributed by atoms with E-state index in [0.717, 1.165) is 22.5 Å². The molecule has 0 aliphatic carbocycles. The van der Waals surface area contributed by atoms with Gasteiger partial charge in [0.15, 0.2) is 0 Å². The summed E-state index contributed by atoms with van der Waals surface area (Å²) in [4.78, 5) is 17.0. The van der Waals surface area contributed by atoms with E-state index in [2.05, 4.69) is 64.8 Å². The number of thioether (sulfide) groups is 1. The van der Waals surface area contributed by atoms with Crippen molar-refractivity contribution < 1.29 is 14.3 Å². The van der Waals surface area contributed by atoms with Crippen LogP contribution in [0.2, 0.25) is 0 Å². The Kier molecular flexibility index (Phi) is 6.42. The summed E-state index contributed by atoms with van der Waals surface area (Å²) in [6.45, 7) is 0.455. The van der Waals surface area contributed by atoms with E-state index in [4.69, 9.17) is 9.47 Å². The molecule has 1 aromatic heterocycles. The maximum Gasteiger partial charge on any atom is 0.323 e. The minimum Gasteiger partial charge on any atom is -0.497 e. The van der Waals surface area contributed by atoms with Crippen LogP contribution in [-0.4, -0.2) is 36.0 Å². The summed E-state index contributed by atoms with van der Waals surface area (Å²) in [7, 11) is 3.18. The highest BCUT2D eigenvalue weighted by Gasteiger charge is 2.33. The predicted octanol–water partition coefficient (Wildman–Crippen LogP) is 6.35. The van der Waals surface area contributed by atoms with Gasteiger partial charge in [0, 0.05) is 22.9 Å². The number of methoxy groups -OCH3 is 2. The number of benzene rings is 3. The van der Waals surface area contributed by atoms with Crippen molar-refractivity contribution in [3.8, 4) is 17.2 Å². The quantitative estimate of drug-likeness (QED) is 0.335. The third-order valence-electron chi connectivity index (χ3n) is 6.31. The average molecular weight is 486 g/mol. The van der Waals surface area contributed by atoms with Gasteiger partial charge in [0.2, 0.25) is 0 Å². The number of anilines is 1. The number of hydrogen-bond acceptors (Lipinski definition) is 4. The first kappa shape index (κ1) is 22.9. The van der Waals surface area contributed by atoms with Crippen molar-refractivity contribution in [2.45, 2.75) is 17.5 Å². The molecule has 1 aliphatic rings. The third-order valence-corrected chi connectivity index (χ3v) is 7.05. The van der Waals surface area contributed by atoms with Gasteiger partial charge in [-0.15, -0.1) is 11.8 Å². The molecule has 0 radical (unpaired) electrons. The molecule has 178 valence electrons. The lowest BCUT2D eigenvalue weighted by Gasteiger charge is -2.31. The maximum absolute atomic E-state index is 13.9. The van der Waals surface area contributed by atoms with Crippen molar-refractivity contribution >= 4 is 23.5 Å². The monoisotopic (exact) mass is 485 g/mol. The lowest BCUT2D eigenvalue weighted by molar-refractivity contribution is 0.194. The lowest BCUT2D eigenvalue weighted by atomic mass is 10.0. The first-order valence-electron chi connectivity index (χ1n) is 11.3. The van der Waals surface area contributed by atoms with Crippen molar-refractivity contribution in [1.82, 2.24) is 9.47 Å². The summed E-state index contributed by atoms with van der Waals surface area (Å²) in [6, 6.07) is 25.6. The lowest BCUT2D eigenvalue weighted by Crippen LogP contribution is -2.38. The molecule has 1 aliphatic heterocycles. The average Bonchev–Trinajstić information content (AvgIpc) is 3.33. The second kappa shape index (κ2) is 9.80. The SMILES string of the molecule is COc1ccc(NC(=O)N2Cc3ccccc3-n3cccc3[C@@H]2c2ccc(SC)cc2)c(OC)c1. The summed E-state index contributed by atoms with van der Waals surface area (Å²) < 4.78 is 13.0. The molecular formula is C28H27N3O3S. The molecule has 35 heavy (non-hydrogen) atoms. The fraction of sp³-hybridized carbons (Fsp3) is 0.179. The second-order valence-electron chi connectivity index (χ2n) is 8.23. The van der Waals surface area contributed by atoms with Gasteiger partial charge in [0.1, 0.15) is 11.5 Å². The normalized spacial score (nSPS) is 14.5. The van der Waals surface area contributed by atoms with Crippen LogP contribution in [0, 0.1) is 0 Å². The Morgan fingerprint density at radius 2 is 1.77 bits per heavy atom. The molecule has 0 saturated heterocycles. The number of nitrogens with zero attached hydrogens (tertiary/aromatic N) is 2. The molecular weight excluding hydrogens is 458 g/mol. The van der Waals surface area contributed by atoms with Crippen molar-refractivity contribution in [1.29, 1.82) is 0 Å². The molecule has 1 atom stereocenters. The zero-order valence-corrected chi connectivity index (χ0v) is 20.7. The number of rotatable bonds is 5. The molecule has 2 heterocycles.